The largest absolute Gasteiger partial charge is 0.349 e. The lowest BCUT2D eigenvalue weighted by molar-refractivity contribution is 0.626. The second-order valence-corrected chi connectivity index (χ2v) is 6.80. The summed E-state index contributed by atoms with van der Waals surface area (Å²) in [6.07, 6.45) is 7.01. The number of benzene rings is 1. The van der Waals surface area contributed by atoms with E-state index in [0.717, 1.165) is 24.7 Å². The zero-order valence-corrected chi connectivity index (χ0v) is 19.3. The molecule has 0 amide bonds. The first-order valence-corrected chi connectivity index (χ1v) is 10.4. The molecule has 0 fully saturated rings. The van der Waals surface area contributed by atoms with Crippen LogP contribution in [0, 0.1) is 11.8 Å². The number of aromatic amines is 1. The molecule has 1 aromatic heterocycles. The van der Waals surface area contributed by atoms with Crippen molar-refractivity contribution in [1.29, 1.82) is 0 Å². The molecule has 0 spiro atoms. The molecule has 30 heavy (non-hydrogen) atoms. The van der Waals surface area contributed by atoms with Crippen LogP contribution in [0.2, 0.25) is 0 Å². The molecule has 1 N–H and O–H groups in total. The first-order valence-electron chi connectivity index (χ1n) is 10.4. The van der Waals surface area contributed by atoms with Crippen LogP contribution in [0.25, 0.3) is 0 Å². The highest BCUT2D eigenvalue weighted by molar-refractivity contribution is 5.13. The summed E-state index contributed by atoms with van der Waals surface area (Å²) in [7, 11) is 0. The molecule has 0 saturated carbocycles. The van der Waals surface area contributed by atoms with Crippen molar-refractivity contribution in [3.05, 3.63) is 54.1 Å². The minimum atomic E-state index is 0. The standard InChI is InChI=1S/C8H10.C5H8N2.C5H12.C4H10.C2H6.4CH4/c1-2-8-6-4-3-5-7-8;1-2-5-3-6-4-7-5;1-4-5(2)3;1-4(2)3;1-2;;;;/h3-7H,2H2,1H3;3-4H,2H2,1H3,(H,6,7);5H,4H2,1-3H3;4H,1-3H3;1-2H3;4*1H4. The van der Waals surface area contributed by atoms with Crippen molar-refractivity contribution in [2.24, 2.45) is 11.8 Å². The summed E-state index contributed by atoms with van der Waals surface area (Å²) >= 11 is 0. The minimum Gasteiger partial charge on any atom is -0.349 e. The lowest BCUT2D eigenvalue weighted by atomic mass is 10.2. The maximum Gasteiger partial charge on any atom is 0.0921 e. The fourth-order valence-corrected chi connectivity index (χ4v) is 1.19. The maximum absolute atomic E-state index is 3.84. The lowest BCUT2D eigenvalue weighted by Crippen LogP contribution is -1.77. The zero-order chi connectivity index (χ0) is 20.8. The Labute approximate surface area is 194 Å². The van der Waals surface area contributed by atoms with Crippen LogP contribution in [0.5, 0.6) is 0 Å². The van der Waals surface area contributed by atoms with Crippen LogP contribution < -0.4 is 0 Å². The van der Waals surface area contributed by atoms with E-state index in [1.54, 1.807) is 6.33 Å². The Morgan fingerprint density at radius 1 is 0.767 bits per heavy atom. The molecule has 0 bridgehead atoms. The normalized spacial score (nSPS) is 7.60. The predicted molar refractivity (Wildman–Crippen MR) is 148 cm³/mol. The smallest absolute Gasteiger partial charge is 0.0921 e. The van der Waals surface area contributed by atoms with Gasteiger partial charge in [0.15, 0.2) is 0 Å². The maximum atomic E-state index is 3.84. The Balaban J connectivity index is -0.0000000450. The molecule has 0 atom stereocenters. The van der Waals surface area contributed by atoms with Crippen LogP contribution in [0.15, 0.2) is 42.9 Å². The van der Waals surface area contributed by atoms with Gasteiger partial charge < -0.3 is 4.98 Å². The van der Waals surface area contributed by atoms with Gasteiger partial charge in [-0.25, -0.2) is 4.98 Å². The van der Waals surface area contributed by atoms with Crippen LogP contribution >= 0.6 is 0 Å². The Morgan fingerprint density at radius 3 is 1.33 bits per heavy atom. The molecule has 0 aliphatic rings. The molecule has 0 saturated heterocycles. The molecule has 0 radical (unpaired) electrons. The molecule has 1 aromatic carbocycles. The highest BCUT2D eigenvalue weighted by Crippen LogP contribution is 1.97. The van der Waals surface area contributed by atoms with Gasteiger partial charge >= 0.3 is 0 Å². The van der Waals surface area contributed by atoms with Gasteiger partial charge in [-0.1, -0.05) is 136 Å². The summed E-state index contributed by atoms with van der Waals surface area (Å²) in [5.41, 5.74) is 2.60. The summed E-state index contributed by atoms with van der Waals surface area (Å²) in [6.45, 7) is 21.4. The van der Waals surface area contributed by atoms with Crippen molar-refractivity contribution < 1.29 is 0 Å². The van der Waals surface area contributed by atoms with Crippen LogP contribution in [-0.4, -0.2) is 9.97 Å². The number of aryl methyl sites for hydroxylation is 2. The quantitative estimate of drug-likeness (QED) is 0.519. The van der Waals surface area contributed by atoms with Gasteiger partial charge in [-0.3, -0.25) is 0 Å². The van der Waals surface area contributed by atoms with Crippen molar-refractivity contribution in [2.45, 2.75) is 118 Å². The monoisotopic (exact) mass is 426 g/mol. The summed E-state index contributed by atoms with van der Waals surface area (Å²) in [5, 5.41) is 0. The van der Waals surface area contributed by atoms with Crippen LogP contribution in [-0.2, 0) is 12.8 Å². The molecule has 0 aliphatic heterocycles. The molecular formula is C28H62N2. The van der Waals surface area contributed by atoms with Crippen molar-refractivity contribution in [3.63, 3.8) is 0 Å². The highest BCUT2D eigenvalue weighted by atomic mass is 14.8. The topological polar surface area (TPSA) is 28.7 Å². The van der Waals surface area contributed by atoms with Gasteiger partial charge in [0.2, 0.25) is 0 Å². The summed E-state index contributed by atoms with van der Waals surface area (Å²) < 4.78 is 0. The first-order chi connectivity index (χ1) is 12.4. The Kier molecular flexibility index (Phi) is 59.1. The number of nitrogens with zero attached hydrogens (tertiary/aromatic N) is 1. The van der Waals surface area contributed by atoms with E-state index in [2.05, 4.69) is 89.6 Å². The summed E-state index contributed by atoms with van der Waals surface area (Å²) in [6, 6.07) is 10.5. The summed E-state index contributed by atoms with van der Waals surface area (Å²) in [5.74, 6) is 1.72. The van der Waals surface area contributed by atoms with E-state index >= 15 is 0 Å². The fourth-order valence-electron chi connectivity index (χ4n) is 1.19. The molecule has 2 aromatic rings. The van der Waals surface area contributed by atoms with Crippen LogP contribution in [0.3, 0.4) is 0 Å². The minimum absolute atomic E-state index is 0. The van der Waals surface area contributed by atoms with Crippen molar-refractivity contribution >= 4 is 0 Å². The van der Waals surface area contributed by atoms with Gasteiger partial charge in [0, 0.05) is 11.9 Å². The van der Waals surface area contributed by atoms with E-state index in [9.17, 15) is 0 Å². The van der Waals surface area contributed by atoms with E-state index in [4.69, 9.17) is 0 Å². The van der Waals surface area contributed by atoms with Gasteiger partial charge in [0.1, 0.15) is 0 Å². The number of nitrogens with one attached hydrogen (secondary N) is 1. The summed E-state index contributed by atoms with van der Waals surface area (Å²) in [4.78, 5) is 6.81. The van der Waals surface area contributed by atoms with Gasteiger partial charge in [-0.05, 0) is 30.2 Å². The van der Waals surface area contributed by atoms with Crippen molar-refractivity contribution in [3.8, 4) is 0 Å². The molecule has 0 aliphatic carbocycles. The number of imidazole rings is 1. The third-order valence-corrected chi connectivity index (χ3v) is 3.00. The SMILES string of the molecule is C.C.C.C.CC.CC(C)C.CCC(C)C.CCc1ccccc1.CCc1cnc[nH]1. The average Bonchev–Trinajstić information content (AvgIpc) is 3.18. The number of hydrogen-bond acceptors (Lipinski definition) is 1. The Morgan fingerprint density at radius 2 is 1.17 bits per heavy atom. The lowest BCUT2D eigenvalue weighted by Gasteiger charge is -1.90. The molecule has 0 unspecified atom stereocenters. The van der Waals surface area contributed by atoms with Gasteiger partial charge in [-0.15, -0.1) is 0 Å². The fraction of sp³-hybridized carbons (Fsp3) is 0.679. The van der Waals surface area contributed by atoms with E-state index in [1.165, 1.54) is 17.7 Å². The van der Waals surface area contributed by atoms with Crippen molar-refractivity contribution in [2.75, 3.05) is 0 Å². The number of rotatable bonds is 3. The van der Waals surface area contributed by atoms with E-state index in [-0.39, 0.29) is 29.7 Å². The van der Waals surface area contributed by atoms with Gasteiger partial charge in [0.05, 0.1) is 6.33 Å². The van der Waals surface area contributed by atoms with E-state index in [0.29, 0.717) is 0 Å². The molecular weight excluding hydrogens is 364 g/mol. The number of aromatic nitrogens is 2. The third-order valence-electron chi connectivity index (χ3n) is 3.00. The van der Waals surface area contributed by atoms with Gasteiger partial charge in [-0.2, -0.15) is 0 Å². The molecule has 2 heteroatoms. The zero-order valence-electron chi connectivity index (χ0n) is 19.3. The molecule has 184 valence electrons. The van der Waals surface area contributed by atoms with Crippen LogP contribution in [0.1, 0.15) is 117 Å². The highest BCUT2D eigenvalue weighted by Gasteiger charge is 1.82. The second-order valence-electron chi connectivity index (χ2n) is 6.80. The number of H-pyrrole nitrogens is 1. The Hall–Kier alpha value is -1.57. The first kappa shape index (κ1) is 46.6. The Bertz CT molecular complexity index is 428. The molecule has 1 heterocycles. The average molecular weight is 427 g/mol. The van der Waals surface area contributed by atoms with Gasteiger partial charge in [0.25, 0.3) is 0 Å². The predicted octanol–water partition coefficient (Wildman–Crippen LogP) is 10.5. The third kappa shape index (κ3) is 45.3. The second kappa shape index (κ2) is 38.1. The van der Waals surface area contributed by atoms with Crippen LogP contribution in [0.4, 0.5) is 0 Å². The van der Waals surface area contributed by atoms with E-state index in [1.807, 2.05) is 26.1 Å². The molecule has 2 nitrogen and oxygen atoms in total. The van der Waals surface area contributed by atoms with E-state index < -0.39 is 0 Å². The molecule has 2 rings (SSSR count). The van der Waals surface area contributed by atoms with Crippen molar-refractivity contribution in [1.82, 2.24) is 9.97 Å². The number of hydrogen-bond donors (Lipinski definition) is 1.